The average Bonchev–Trinajstić information content (AvgIpc) is 3.72. The molecule has 330 valence electrons. The molecule has 16 heteroatoms. The van der Waals surface area contributed by atoms with Crippen LogP contribution in [0.15, 0.2) is 91.4 Å². The number of ether oxygens (including phenoxy) is 1. The number of aliphatic hydroxyl groups is 1. The largest absolute Gasteiger partial charge is 0.490 e. The summed E-state index contributed by atoms with van der Waals surface area (Å²) in [4.78, 5) is 36.8. The van der Waals surface area contributed by atoms with Gasteiger partial charge in [0.25, 0.3) is 0 Å². The van der Waals surface area contributed by atoms with Crippen molar-refractivity contribution in [3.05, 3.63) is 108 Å². The second-order valence-corrected chi connectivity index (χ2v) is 23.0. The lowest BCUT2D eigenvalue weighted by molar-refractivity contribution is -0.144. The molecular formula is C45H60F3N7O5Si. The molecule has 0 aliphatic carbocycles. The van der Waals surface area contributed by atoms with Crippen LogP contribution in [0, 0.1) is 5.92 Å². The van der Waals surface area contributed by atoms with Crippen LogP contribution in [0.5, 0.6) is 5.75 Å². The van der Waals surface area contributed by atoms with E-state index < -0.39 is 62.7 Å². The maximum atomic E-state index is 14.6. The molecule has 12 nitrogen and oxygen atoms in total. The molecule has 2 aliphatic rings. The lowest BCUT2D eigenvalue weighted by Gasteiger charge is -2.48. The number of para-hydroxylation sites is 2. The van der Waals surface area contributed by atoms with Crippen molar-refractivity contribution in [2.75, 3.05) is 39.3 Å². The van der Waals surface area contributed by atoms with Crippen LogP contribution in [-0.2, 0) is 26.0 Å². The highest BCUT2D eigenvalue weighted by atomic mass is 28.4. The molecule has 61 heavy (non-hydrogen) atoms. The number of fused-ring (bicyclic) bond motifs is 1. The van der Waals surface area contributed by atoms with Gasteiger partial charge in [0.05, 0.1) is 29.1 Å². The van der Waals surface area contributed by atoms with Crippen molar-refractivity contribution < 1.29 is 37.0 Å². The third-order valence-corrected chi connectivity index (χ3v) is 17.0. The van der Waals surface area contributed by atoms with Crippen molar-refractivity contribution in [3.8, 4) is 11.4 Å². The summed E-state index contributed by atoms with van der Waals surface area (Å²) in [6.45, 7) is 14.3. The number of aromatic nitrogens is 3. The first-order chi connectivity index (χ1) is 28.7. The predicted molar refractivity (Wildman–Crippen MR) is 230 cm³/mol. The third-order valence-electron chi connectivity index (χ3n) is 12.5. The van der Waals surface area contributed by atoms with E-state index in [4.69, 9.17) is 14.3 Å². The smallest absolute Gasteiger partial charge is 0.405 e. The van der Waals surface area contributed by atoms with Gasteiger partial charge < -0.3 is 24.9 Å². The van der Waals surface area contributed by atoms with E-state index in [0.717, 1.165) is 16.9 Å². The monoisotopic (exact) mass is 863 g/mol. The number of rotatable bonds is 15. The van der Waals surface area contributed by atoms with Gasteiger partial charge in [0.2, 0.25) is 11.8 Å². The van der Waals surface area contributed by atoms with Crippen molar-refractivity contribution in [1.82, 2.24) is 35.2 Å². The van der Waals surface area contributed by atoms with Gasteiger partial charge in [0.1, 0.15) is 31.0 Å². The summed E-state index contributed by atoms with van der Waals surface area (Å²) < 4.78 is 55.3. The summed E-state index contributed by atoms with van der Waals surface area (Å²) in [6, 6.07) is 20.9. The molecule has 6 rings (SSSR count). The fourth-order valence-electron chi connectivity index (χ4n) is 7.85. The zero-order valence-electron chi connectivity index (χ0n) is 36.2. The number of pyridine rings is 1. The van der Waals surface area contributed by atoms with Crippen LogP contribution in [0.25, 0.3) is 5.69 Å². The highest BCUT2D eigenvalue weighted by molar-refractivity contribution is 6.74. The van der Waals surface area contributed by atoms with Crippen LogP contribution in [0.1, 0.15) is 63.9 Å². The Morgan fingerprint density at radius 1 is 0.984 bits per heavy atom. The summed E-state index contributed by atoms with van der Waals surface area (Å²) in [7, 11) is -2.55. The van der Waals surface area contributed by atoms with Gasteiger partial charge in [-0.1, -0.05) is 63.2 Å². The van der Waals surface area contributed by atoms with Crippen LogP contribution in [-0.4, -0.2) is 114 Å². The van der Waals surface area contributed by atoms with E-state index in [0.29, 0.717) is 30.8 Å². The standard InChI is InChI=1S/C45H60F3N7O5Si/c1-43(2,3)61(6,7)60-34(25-32(24-31-14-13-20-49-26-31)41(57)51-40-35-17-11-12-18-38(35)59-29-37(40)56)27-53-22-23-54(28-36(53)42(58)50-30-45(46,47)48)44(4,5)39-19-21-55(52-39)33-15-9-8-10-16-33/h8-21,26,32,34,36-37,40,56H,22-25,27-30H2,1-7H3,(H,50,58)(H,51,57)/t32-,34+,36+,37-,40+/m1/s1. The van der Waals surface area contributed by atoms with Gasteiger partial charge in [-0.05, 0) is 80.7 Å². The molecule has 0 unspecified atom stereocenters. The van der Waals surface area contributed by atoms with Crippen LogP contribution >= 0.6 is 0 Å². The number of carbonyl (C=O) groups is 2. The fraction of sp³-hybridized carbons (Fsp3) is 0.511. The Hall–Kier alpha value is -4.61. The first-order valence-electron chi connectivity index (χ1n) is 20.9. The van der Waals surface area contributed by atoms with Gasteiger partial charge in [0.15, 0.2) is 8.32 Å². The SMILES string of the molecule is CC(C)(c1ccn(-c2ccccc2)n1)N1CCN(C[C@H](C[C@@H](Cc2cccnc2)C(=O)N[C@H]2c3ccccc3OC[C@H]2O)O[Si](C)(C)C(C)(C)C)[C@H](C(=O)NCC(F)(F)F)C1. The third kappa shape index (κ3) is 11.5. The number of hydrogen-bond acceptors (Lipinski definition) is 9. The number of aliphatic hydroxyl groups excluding tert-OH is 1. The minimum atomic E-state index is -4.60. The van der Waals surface area contributed by atoms with Crippen LogP contribution in [0.3, 0.4) is 0 Å². The van der Waals surface area contributed by atoms with E-state index >= 15 is 0 Å². The summed E-state index contributed by atoms with van der Waals surface area (Å²) in [6.07, 6.45) is -0.389. The molecule has 3 N–H and O–H groups in total. The number of amides is 2. The van der Waals surface area contributed by atoms with Crippen molar-refractivity contribution in [1.29, 1.82) is 0 Å². The summed E-state index contributed by atoms with van der Waals surface area (Å²) >= 11 is 0. The number of halogens is 3. The summed E-state index contributed by atoms with van der Waals surface area (Å²) in [5, 5.41) is 21.0. The number of hydrogen-bond donors (Lipinski definition) is 3. The number of alkyl halides is 3. The normalized spacial score (nSPS) is 20.3. The molecule has 5 atom stereocenters. The van der Waals surface area contributed by atoms with Crippen LogP contribution in [0.2, 0.25) is 18.1 Å². The van der Waals surface area contributed by atoms with Crippen molar-refractivity contribution >= 4 is 20.1 Å². The van der Waals surface area contributed by atoms with Gasteiger partial charge in [-0.2, -0.15) is 18.3 Å². The minimum Gasteiger partial charge on any atom is -0.490 e. The Balaban J connectivity index is 1.30. The lowest BCUT2D eigenvalue weighted by atomic mass is 9.91. The molecule has 0 saturated carbocycles. The van der Waals surface area contributed by atoms with E-state index in [-0.39, 0.29) is 37.1 Å². The molecule has 2 aromatic carbocycles. The van der Waals surface area contributed by atoms with Gasteiger partial charge in [-0.3, -0.25) is 24.4 Å². The van der Waals surface area contributed by atoms with Crippen molar-refractivity contribution in [3.63, 3.8) is 0 Å². The van der Waals surface area contributed by atoms with Crippen molar-refractivity contribution in [2.45, 2.75) is 102 Å². The van der Waals surface area contributed by atoms with Gasteiger partial charge in [-0.15, -0.1) is 0 Å². The number of carbonyl (C=O) groups excluding carboxylic acids is 2. The van der Waals surface area contributed by atoms with E-state index in [9.17, 15) is 27.9 Å². The molecule has 4 aromatic rings. The van der Waals surface area contributed by atoms with E-state index in [2.05, 4.69) is 54.4 Å². The zero-order chi connectivity index (χ0) is 44.2. The number of piperazine rings is 1. The fourth-order valence-corrected chi connectivity index (χ4v) is 9.21. The predicted octanol–water partition coefficient (Wildman–Crippen LogP) is 6.42. The van der Waals surface area contributed by atoms with E-state index in [1.807, 2.05) is 91.7 Å². The first-order valence-corrected chi connectivity index (χ1v) is 23.8. The lowest BCUT2D eigenvalue weighted by Crippen LogP contribution is -2.64. The molecule has 0 bridgehead atoms. The zero-order valence-corrected chi connectivity index (χ0v) is 37.2. The Labute approximate surface area is 358 Å². The molecular weight excluding hydrogens is 804 g/mol. The molecule has 1 fully saturated rings. The average molecular weight is 864 g/mol. The Bertz CT molecular complexity index is 2080. The first kappa shape index (κ1) is 45.9. The van der Waals surface area contributed by atoms with Crippen LogP contribution < -0.4 is 15.4 Å². The maximum Gasteiger partial charge on any atom is 0.405 e. The van der Waals surface area contributed by atoms with E-state index in [1.54, 1.807) is 23.1 Å². The molecule has 0 spiro atoms. The minimum absolute atomic E-state index is 0.0157. The van der Waals surface area contributed by atoms with Crippen LogP contribution in [0.4, 0.5) is 13.2 Å². The Morgan fingerprint density at radius 2 is 1.70 bits per heavy atom. The highest BCUT2D eigenvalue weighted by Gasteiger charge is 2.45. The second-order valence-electron chi connectivity index (χ2n) is 18.2. The Morgan fingerprint density at radius 3 is 2.39 bits per heavy atom. The molecule has 0 radical (unpaired) electrons. The molecule has 4 heterocycles. The number of nitrogens with one attached hydrogen (secondary N) is 2. The second kappa shape index (κ2) is 18.8. The quantitative estimate of drug-likeness (QED) is 0.116. The molecule has 2 aromatic heterocycles. The maximum absolute atomic E-state index is 14.6. The molecule has 2 aliphatic heterocycles. The van der Waals surface area contributed by atoms with Gasteiger partial charge >= 0.3 is 6.18 Å². The Kier molecular flexibility index (Phi) is 14.1. The summed E-state index contributed by atoms with van der Waals surface area (Å²) in [5.74, 6) is -1.12. The number of benzene rings is 2. The molecule has 2 amide bonds. The topological polar surface area (TPSA) is 134 Å². The van der Waals surface area contributed by atoms with Gasteiger partial charge in [0, 0.05) is 56.3 Å². The van der Waals surface area contributed by atoms with E-state index in [1.165, 1.54) is 0 Å². The summed E-state index contributed by atoms with van der Waals surface area (Å²) in [5.41, 5.74) is 2.45. The van der Waals surface area contributed by atoms with Gasteiger partial charge in [-0.25, -0.2) is 4.68 Å². The number of nitrogens with zero attached hydrogens (tertiary/aromatic N) is 5. The van der Waals surface area contributed by atoms with Crippen molar-refractivity contribution in [2.24, 2.45) is 5.92 Å². The highest BCUT2D eigenvalue weighted by Crippen LogP contribution is 2.39. The molecule has 1 saturated heterocycles.